The Kier molecular flexibility index (Phi) is 8.49. The molecule has 6 rings (SSSR count). The topological polar surface area (TPSA) is 114 Å². The van der Waals surface area contributed by atoms with Crippen molar-refractivity contribution < 1.29 is 19.4 Å². The van der Waals surface area contributed by atoms with E-state index in [1.54, 1.807) is 0 Å². The van der Waals surface area contributed by atoms with Crippen LogP contribution in [0.2, 0.25) is 5.02 Å². The molecule has 0 radical (unpaired) electrons. The largest absolute Gasteiger partial charge is 0.489 e. The molecule has 0 unspecified atom stereocenters. The number of benzene rings is 2. The molecule has 1 saturated heterocycles. The summed E-state index contributed by atoms with van der Waals surface area (Å²) in [7, 11) is 0. The van der Waals surface area contributed by atoms with E-state index < -0.39 is 11.4 Å². The van der Waals surface area contributed by atoms with Crippen LogP contribution in [0.5, 0.6) is 5.75 Å². The van der Waals surface area contributed by atoms with E-state index >= 15 is 0 Å². The van der Waals surface area contributed by atoms with Gasteiger partial charge in [0, 0.05) is 48.9 Å². The predicted octanol–water partition coefficient (Wildman–Crippen LogP) is 5.08. The third-order valence-electron chi connectivity index (χ3n) is 9.40. The number of aromatic nitrogens is 2. The summed E-state index contributed by atoms with van der Waals surface area (Å²) in [6, 6.07) is 13.9. The maximum atomic E-state index is 11.5. The molecule has 0 atom stereocenters. The number of carboxylic acids is 1. The van der Waals surface area contributed by atoms with E-state index in [9.17, 15) is 9.90 Å². The van der Waals surface area contributed by atoms with Crippen LogP contribution in [0, 0.1) is 11.3 Å². The van der Waals surface area contributed by atoms with Gasteiger partial charge in [0.1, 0.15) is 18.2 Å². The van der Waals surface area contributed by atoms with Crippen LogP contribution in [0.3, 0.4) is 0 Å². The maximum absolute atomic E-state index is 11.5. The number of aliphatic carboxylic acids is 1. The zero-order valence-electron chi connectivity index (χ0n) is 24.9. The van der Waals surface area contributed by atoms with Gasteiger partial charge in [-0.3, -0.25) is 9.69 Å². The average Bonchev–Trinajstić information content (AvgIpc) is 2.97. The molecule has 1 saturated carbocycles. The number of carbonyl (C=O) groups is 1. The molecule has 3 aromatic rings. The van der Waals surface area contributed by atoms with Crippen molar-refractivity contribution in [2.45, 2.75) is 52.2 Å². The van der Waals surface area contributed by atoms with E-state index in [0.717, 1.165) is 92.4 Å². The molecule has 0 amide bonds. The second-order valence-electron chi connectivity index (χ2n) is 12.5. The minimum Gasteiger partial charge on any atom is -0.489 e. The molecule has 2 aliphatic carbocycles. The highest BCUT2D eigenvalue weighted by molar-refractivity contribution is 6.30. The molecule has 0 spiro atoms. The van der Waals surface area contributed by atoms with Gasteiger partial charge in [0.25, 0.3) is 0 Å². The molecular formula is C33H40ClN5O4. The van der Waals surface area contributed by atoms with Crippen molar-refractivity contribution in [3.63, 3.8) is 0 Å². The summed E-state index contributed by atoms with van der Waals surface area (Å²) in [4.78, 5) is 25.6. The number of piperazine rings is 1. The fourth-order valence-corrected chi connectivity index (χ4v) is 6.43. The Balaban J connectivity index is 1.03. The molecule has 2 aromatic carbocycles. The lowest BCUT2D eigenvalue weighted by molar-refractivity contribution is -0.157. The summed E-state index contributed by atoms with van der Waals surface area (Å²) in [6.07, 6.45) is 3.58. The summed E-state index contributed by atoms with van der Waals surface area (Å²) >= 11 is 6.00. The molecule has 43 heavy (non-hydrogen) atoms. The Labute approximate surface area is 258 Å². The number of hydrogen-bond donors (Lipinski definition) is 2. The van der Waals surface area contributed by atoms with Crippen LogP contribution in [0.15, 0.2) is 42.5 Å². The number of nitrogen functional groups attached to an aromatic ring is 1. The second-order valence-corrected chi connectivity index (χ2v) is 12.9. The summed E-state index contributed by atoms with van der Waals surface area (Å²) < 4.78 is 12.1. The Bertz CT molecular complexity index is 1470. The Morgan fingerprint density at radius 3 is 2.53 bits per heavy atom. The fraction of sp³-hybridized carbons (Fsp3) is 0.485. The van der Waals surface area contributed by atoms with Gasteiger partial charge in [-0.25, -0.2) is 4.98 Å². The first-order valence-electron chi connectivity index (χ1n) is 15.2. The number of nitrogens with two attached hydrogens (primary N) is 1. The normalized spacial score (nSPS) is 20.2. The summed E-state index contributed by atoms with van der Waals surface area (Å²) in [5.41, 5.74) is 11.0. The minimum absolute atomic E-state index is 0.175. The van der Waals surface area contributed by atoms with Gasteiger partial charge in [-0.2, -0.15) is 4.98 Å². The van der Waals surface area contributed by atoms with E-state index in [2.05, 4.69) is 26.9 Å². The average molecular weight is 606 g/mol. The SMILES string of the molecule is CC(C)(C(=O)O)[C@H]1C[C@@H](OCCN2CCN(c3nc(N)nc4c3CCc3cc(OCc5ccc(Cl)cc5)ccc3-4)CC2)C1. The maximum Gasteiger partial charge on any atom is 0.309 e. The molecule has 10 heteroatoms. The quantitative estimate of drug-likeness (QED) is 0.326. The third-order valence-corrected chi connectivity index (χ3v) is 9.65. The first kappa shape index (κ1) is 29.7. The standard InChI is InChI=1S/C33H40ClN5O4/c1-33(2,31(40)41)23-18-26(19-23)42-16-15-38-11-13-39(14-12-38)30-28-9-5-22-17-25(43-20-21-3-6-24(34)7-4-21)8-10-27(22)29(28)36-32(35)37-30/h3-4,6-8,10,17,23,26H,5,9,11-16,18-20H2,1-2H3,(H,40,41)(H2,35,36,37)/t23-,26+. The molecule has 0 bridgehead atoms. The first-order chi connectivity index (χ1) is 20.7. The second kappa shape index (κ2) is 12.3. The van der Waals surface area contributed by atoms with Crippen LogP contribution in [0.25, 0.3) is 11.3 Å². The van der Waals surface area contributed by atoms with Crippen molar-refractivity contribution in [2.75, 3.05) is 50.0 Å². The third kappa shape index (κ3) is 6.44. The molecule has 1 aliphatic heterocycles. The lowest BCUT2D eigenvalue weighted by atomic mass is 9.66. The number of hydrogen-bond acceptors (Lipinski definition) is 8. The Hall–Kier alpha value is -3.40. The lowest BCUT2D eigenvalue weighted by Crippen LogP contribution is -2.49. The summed E-state index contributed by atoms with van der Waals surface area (Å²) in [5.74, 6) is 1.54. The molecule has 2 heterocycles. The van der Waals surface area contributed by atoms with Crippen molar-refractivity contribution in [3.8, 4) is 17.0 Å². The highest BCUT2D eigenvalue weighted by atomic mass is 35.5. The Morgan fingerprint density at radius 1 is 1.07 bits per heavy atom. The zero-order valence-corrected chi connectivity index (χ0v) is 25.6. The van der Waals surface area contributed by atoms with E-state index in [1.807, 2.05) is 44.2 Å². The number of fused-ring (bicyclic) bond motifs is 3. The molecule has 3 aliphatic rings. The molecule has 2 fully saturated rings. The number of rotatable bonds is 10. The van der Waals surface area contributed by atoms with E-state index in [-0.39, 0.29) is 12.0 Å². The molecule has 9 nitrogen and oxygen atoms in total. The Morgan fingerprint density at radius 2 is 1.81 bits per heavy atom. The van der Waals surface area contributed by atoms with E-state index in [4.69, 9.17) is 31.8 Å². The van der Waals surface area contributed by atoms with Gasteiger partial charge in [0.2, 0.25) is 5.95 Å². The van der Waals surface area contributed by atoms with E-state index in [0.29, 0.717) is 24.2 Å². The van der Waals surface area contributed by atoms with Crippen LogP contribution >= 0.6 is 11.6 Å². The highest BCUT2D eigenvalue weighted by Crippen LogP contribution is 2.43. The monoisotopic (exact) mass is 605 g/mol. The van der Waals surface area contributed by atoms with Crippen molar-refractivity contribution >= 4 is 29.3 Å². The van der Waals surface area contributed by atoms with Crippen molar-refractivity contribution in [2.24, 2.45) is 11.3 Å². The van der Waals surface area contributed by atoms with E-state index in [1.165, 1.54) is 5.56 Å². The lowest BCUT2D eigenvalue weighted by Gasteiger charge is -2.43. The highest BCUT2D eigenvalue weighted by Gasteiger charge is 2.45. The predicted molar refractivity (Wildman–Crippen MR) is 168 cm³/mol. The number of aryl methyl sites for hydroxylation is 1. The van der Waals surface area contributed by atoms with Gasteiger partial charge < -0.3 is 25.2 Å². The van der Waals surface area contributed by atoms with Gasteiger partial charge >= 0.3 is 5.97 Å². The molecular weight excluding hydrogens is 566 g/mol. The fourth-order valence-electron chi connectivity index (χ4n) is 6.31. The minimum atomic E-state index is -0.727. The number of halogens is 1. The van der Waals surface area contributed by atoms with Crippen LogP contribution in [-0.2, 0) is 29.0 Å². The van der Waals surface area contributed by atoms with Crippen molar-refractivity contribution in [3.05, 3.63) is 64.2 Å². The number of anilines is 2. The first-order valence-corrected chi connectivity index (χ1v) is 15.5. The summed E-state index contributed by atoms with van der Waals surface area (Å²) in [6.45, 7) is 9.23. The van der Waals surface area contributed by atoms with Crippen LogP contribution in [0.4, 0.5) is 11.8 Å². The van der Waals surface area contributed by atoms with Crippen LogP contribution in [0.1, 0.15) is 43.4 Å². The molecule has 3 N–H and O–H groups in total. The zero-order chi connectivity index (χ0) is 30.1. The molecule has 1 aromatic heterocycles. The smallest absolute Gasteiger partial charge is 0.309 e. The molecule has 228 valence electrons. The van der Waals surface area contributed by atoms with Crippen LogP contribution < -0.4 is 15.4 Å². The van der Waals surface area contributed by atoms with Crippen molar-refractivity contribution in [1.29, 1.82) is 0 Å². The number of nitrogens with zero attached hydrogens (tertiary/aromatic N) is 4. The number of carboxylic acid groups (broad SMARTS) is 1. The number of ether oxygens (including phenoxy) is 2. The van der Waals surface area contributed by atoms with Crippen LogP contribution in [-0.4, -0.2) is 71.4 Å². The van der Waals surface area contributed by atoms with Gasteiger partial charge in [0.05, 0.1) is 23.8 Å². The van der Waals surface area contributed by atoms with Gasteiger partial charge in [-0.05, 0) is 86.9 Å². The van der Waals surface area contributed by atoms with Crippen molar-refractivity contribution in [1.82, 2.24) is 14.9 Å². The summed E-state index contributed by atoms with van der Waals surface area (Å²) in [5, 5.41) is 10.1. The van der Waals surface area contributed by atoms with Gasteiger partial charge in [-0.15, -0.1) is 0 Å². The van der Waals surface area contributed by atoms with Gasteiger partial charge in [0.15, 0.2) is 0 Å². The van der Waals surface area contributed by atoms with Gasteiger partial charge in [-0.1, -0.05) is 23.7 Å².